The van der Waals surface area contributed by atoms with E-state index in [2.05, 4.69) is 15.6 Å². The Morgan fingerprint density at radius 1 is 1.26 bits per heavy atom. The molecule has 0 aliphatic carbocycles. The summed E-state index contributed by atoms with van der Waals surface area (Å²) in [6.45, 7) is 4.74. The first kappa shape index (κ1) is 29.2. The molecule has 1 amide bonds. The predicted octanol–water partition coefficient (Wildman–Crippen LogP) is 3.47. The molecule has 3 atom stereocenters. The quantitative estimate of drug-likeness (QED) is 0.299. The molecule has 0 spiro atoms. The third-order valence-electron chi connectivity index (χ3n) is 6.44. The zero-order valence-corrected chi connectivity index (χ0v) is 24.0. The number of carbonyl (C=O) groups is 1. The minimum atomic E-state index is -4.04. The topological polar surface area (TPSA) is 130 Å². The number of rotatable bonds is 12. The number of thiazole rings is 1. The first-order valence-electron chi connectivity index (χ1n) is 13.0. The van der Waals surface area contributed by atoms with Gasteiger partial charge in [-0.2, -0.15) is 4.31 Å². The van der Waals surface area contributed by atoms with Crippen LogP contribution in [0.2, 0.25) is 0 Å². The second-order valence-corrected chi connectivity index (χ2v) is 12.9. The Balaban J connectivity index is 1.63. The molecule has 4 rings (SSSR count). The van der Waals surface area contributed by atoms with E-state index in [1.54, 1.807) is 25.2 Å². The number of amides is 1. The minimum absolute atomic E-state index is 0.0198. The van der Waals surface area contributed by atoms with E-state index in [0.29, 0.717) is 30.3 Å². The van der Waals surface area contributed by atoms with E-state index in [9.17, 15) is 18.3 Å². The number of ether oxygens (including phenoxy) is 2. The molecule has 0 radical (unpaired) electrons. The first-order chi connectivity index (χ1) is 18.7. The third kappa shape index (κ3) is 7.46. The van der Waals surface area contributed by atoms with E-state index in [1.165, 1.54) is 15.6 Å². The molecule has 212 valence electrons. The Morgan fingerprint density at radius 3 is 2.69 bits per heavy atom. The summed E-state index contributed by atoms with van der Waals surface area (Å²) >= 11 is 1.37. The van der Waals surface area contributed by atoms with Crippen molar-refractivity contribution in [1.82, 2.24) is 14.6 Å². The van der Waals surface area contributed by atoms with Crippen LogP contribution in [0.25, 0.3) is 10.2 Å². The van der Waals surface area contributed by atoms with E-state index in [-0.39, 0.29) is 36.4 Å². The molecule has 3 N–H and O–H groups in total. The lowest BCUT2D eigenvalue weighted by Crippen LogP contribution is -2.53. The lowest BCUT2D eigenvalue weighted by atomic mass is 10.0. The van der Waals surface area contributed by atoms with Crippen LogP contribution in [0.15, 0.2) is 53.4 Å². The van der Waals surface area contributed by atoms with E-state index >= 15 is 0 Å². The van der Waals surface area contributed by atoms with Gasteiger partial charge in [0.15, 0.2) is 5.13 Å². The Kier molecular flexibility index (Phi) is 9.78. The largest absolute Gasteiger partial charge is 0.444 e. The van der Waals surface area contributed by atoms with Crippen LogP contribution in [0, 0.1) is 5.92 Å². The number of hydrogen-bond donors (Lipinski definition) is 3. The Morgan fingerprint density at radius 2 is 2.03 bits per heavy atom. The summed E-state index contributed by atoms with van der Waals surface area (Å²) in [4.78, 5) is 16.9. The highest BCUT2D eigenvalue weighted by atomic mass is 32.2. The second kappa shape index (κ2) is 13.1. The van der Waals surface area contributed by atoms with Crippen LogP contribution in [0.4, 0.5) is 9.93 Å². The van der Waals surface area contributed by atoms with E-state index in [1.807, 2.05) is 44.2 Å². The van der Waals surface area contributed by atoms with Gasteiger partial charge in [0.2, 0.25) is 10.0 Å². The highest BCUT2D eigenvalue weighted by Crippen LogP contribution is 2.30. The molecule has 2 aromatic carbocycles. The van der Waals surface area contributed by atoms with Crippen molar-refractivity contribution in [1.29, 1.82) is 0 Å². The molecule has 3 aromatic rings. The number of anilines is 1. The van der Waals surface area contributed by atoms with Gasteiger partial charge < -0.3 is 25.2 Å². The summed E-state index contributed by atoms with van der Waals surface area (Å²) in [5, 5.41) is 17.7. The van der Waals surface area contributed by atoms with E-state index < -0.39 is 28.3 Å². The summed E-state index contributed by atoms with van der Waals surface area (Å²) in [6, 6.07) is 13.4. The normalized spacial score (nSPS) is 17.4. The number of sulfonamides is 1. The van der Waals surface area contributed by atoms with Gasteiger partial charge in [-0.3, -0.25) is 0 Å². The van der Waals surface area contributed by atoms with E-state index in [4.69, 9.17) is 9.47 Å². The first-order valence-corrected chi connectivity index (χ1v) is 15.3. The van der Waals surface area contributed by atoms with Crippen molar-refractivity contribution >= 4 is 42.8 Å². The number of hydrogen-bond acceptors (Lipinski definition) is 9. The van der Waals surface area contributed by atoms with Crippen molar-refractivity contribution in [2.24, 2.45) is 5.92 Å². The molecule has 1 saturated heterocycles. The zero-order chi connectivity index (χ0) is 28.0. The molecule has 39 heavy (non-hydrogen) atoms. The number of carbonyl (C=O) groups excluding carboxylic acids is 1. The molecule has 0 bridgehead atoms. The number of benzene rings is 2. The molecular weight excluding hydrogens is 540 g/mol. The van der Waals surface area contributed by atoms with Crippen molar-refractivity contribution in [2.75, 3.05) is 38.7 Å². The molecule has 12 heteroatoms. The molecule has 1 aliphatic heterocycles. The number of alkyl carbamates (subject to hydrolysis) is 1. The Hall–Kier alpha value is -2.77. The standard InChI is InChI=1S/C27H36N4O6S2/c1-18(2)16-31(39(34,35)21-9-10-22-25(14-21)38-26(28-3)30-22)23(13-19-7-5-4-6-8-19)24(32)15-29-27(33)37-20-11-12-36-17-20/h4-10,14,18,20,23-24,32H,11-13,15-17H2,1-3H3,(H,28,30)(H,29,33). The van der Waals surface area contributed by atoms with Crippen LogP contribution in [0.1, 0.15) is 25.8 Å². The second-order valence-electron chi connectivity index (χ2n) is 9.96. The van der Waals surface area contributed by atoms with Gasteiger partial charge in [-0.15, -0.1) is 0 Å². The fourth-order valence-corrected chi connectivity index (χ4v) is 7.26. The maximum absolute atomic E-state index is 14.1. The van der Waals surface area contributed by atoms with E-state index in [0.717, 1.165) is 10.3 Å². The number of aliphatic hydroxyl groups is 1. The fourth-order valence-electron chi connectivity index (χ4n) is 4.49. The molecule has 1 fully saturated rings. The van der Waals surface area contributed by atoms with Gasteiger partial charge in [0.05, 0.1) is 40.5 Å². The van der Waals surface area contributed by atoms with Crippen LogP contribution in [0.3, 0.4) is 0 Å². The van der Waals surface area contributed by atoms with Gasteiger partial charge >= 0.3 is 6.09 Å². The number of nitrogens with zero attached hydrogens (tertiary/aromatic N) is 2. The molecule has 0 saturated carbocycles. The van der Waals surface area contributed by atoms with Gasteiger partial charge in [-0.1, -0.05) is 55.5 Å². The van der Waals surface area contributed by atoms with Gasteiger partial charge in [0.1, 0.15) is 6.10 Å². The zero-order valence-electron chi connectivity index (χ0n) is 22.4. The van der Waals surface area contributed by atoms with Crippen LogP contribution in [0.5, 0.6) is 0 Å². The van der Waals surface area contributed by atoms with Crippen molar-refractivity contribution in [2.45, 2.75) is 49.8 Å². The SMILES string of the molecule is CNc1nc2ccc(S(=O)(=O)N(CC(C)C)C(Cc3ccccc3)C(O)CNC(=O)OC3CCOC3)cc2s1. The number of aromatic nitrogens is 1. The average Bonchev–Trinajstić information content (AvgIpc) is 3.58. The lowest BCUT2D eigenvalue weighted by Gasteiger charge is -2.35. The highest BCUT2D eigenvalue weighted by Gasteiger charge is 2.37. The van der Waals surface area contributed by atoms with Gasteiger partial charge in [0.25, 0.3) is 0 Å². The van der Waals surface area contributed by atoms with Gasteiger partial charge in [-0.25, -0.2) is 18.2 Å². The van der Waals surface area contributed by atoms with Crippen LogP contribution >= 0.6 is 11.3 Å². The lowest BCUT2D eigenvalue weighted by molar-refractivity contribution is 0.0649. The average molecular weight is 577 g/mol. The maximum atomic E-state index is 14.1. The summed E-state index contributed by atoms with van der Waals surface area (Å²) in [7, 11) is -2.27. The van der Waals surface area contributed by atoms with Crippen LogP contribution < -0.4 is 10.6 Å². The molecule has 10 nitrogen and oxygen atoms in total. The number of aliphatic hydroxyl groups excluding tert-OH is 1. The highest BCUT2D eigenvalue weighted by molar-refractivity contribution is 7.89. The summed E-state index contributed by atoms with van der Waals surface area (Å²) in [6.07, 6.45) is -1.32. The molecule has 1 aromatic heterocycles. The molecule has 2 heterocycles. The van der Waals surface area contributed by atoms with Crippen molar-refractivity contribution in [3.63, 3.8) is 0 Å². The van der Waals surface area contributed by atoms with Crippen LogP contribution in [-0.2, 0) is 25.9 Å². The minimum Gasteiger partial charge on any atom is -0.444 e. The molecular formula is C27H36N4O6S2. The fraction of sp³-hybridized carbons (Fsp3) is 0.481. The smallest absolute Gasteiger partial charge is 0.407 e. The monoisotopic (exact) mass is 576 g/mol. The summed E-state index contributed by atoms with van der Waals surface area (Å²) < 4.78 is 41.0. The predicted molar refractivity (Wildman–Crippen MR) is 152 cm³/mol. The molecule has 1 aliphatic rings. The number of fused-ring (bicyclic) bond motifs is 1. The van der Waals surface area contributed by atoms with Crippen LogP contribution in [-0.4, -0.2) is 80.5 Å². The van der Waals surface area contributed by atoms with Gasteiger partial charge in [-0.05, 0) is 36.1 Å². The van der Waals surface area contributed by atoms with Crippen molar-refractivity contribution in [3.8, 4) is 0 Å². The summed E-state index contributed by atoms with van der Waals surface area (Å²) in [5.74, 6) is -0.0198. The Labute approximate surface area is 233 Å². The summed E-state index contributed by atoms with van der Waals surface area (Å²) in [5.41, 5.74) is 1.57. The Bertz CT molecular complexity index is 1340. The maximum Gasteiger partial charge on any atom is 0.407 e. The van der Waals surface area contributed by atoms with Crippen molar-refractivity contribution < 1.29 is 27.8 Å². The third-order valence-corrected chi connectivity index (χ3v) is 9.37. The van der Waals surface area contributed by atoms with Crippen molar-refractivity contribution in [3.05, 3.63) is 54.1 Å². The van der Waals surface area contributed by atoms with Gasteiger partial charge in [0, 0.05) is 26.6 Å². The number of nitrogens with one attached hydrogen (secondary N) is 2. The molecule has 3 unspecified atom stereocenters.